The number of nitrogens with zero attached hydrogens (tertiary/aromatic N) is 2. The van der Waals surface area contributed by atoms with Crippen molar-refractivity contribution in [3.05, 3.63) is 94.1 Å². The highest BCUT2D eigenvalue weighted by Gasteiger charge is 2.45. The Kier molecular flexibility index (Phi) is 7.37. The number of rotatable bonds is 4. The minimum absolute atomic E-state index is 0.00539. The molecule has 1 atom stereocenters. The molecule has 0 aromatic heterocycles. The van der Waals surface area contributed by atoms with Crippen LogP contribution in [0, 0.1) is 23.9 Å². The van der Waals surface area contributed by atoms with Crippen LogP contribution in [0.1, 0.15) is 78.4 Å². The summed E-state index contributed by atoms with van der Waals surface area (Å²) in [6, 6.07) is 24.2. The van der Waals surface area contributed by atoms with E-state index < -0.39 is 0 Å². The van der Waals surface area contributed by atoms with E-state index in [1.165, 1.54) is 39.4 Å². The third-order valence-corrected chi connectivity index (χ3v) is 9.13. The van der Waals surface area contributed by atoms with Crippen LogP contribution in [0.25, 0.3) is 0 Å². The lowest BCUT2D eigenvalue weighted by Crippen LogP contribution is -2.38. The van der Waals surface area contributed by atoms with Crippen LogP contribution in [0.2, 0.25) is 0 Å². The highest BCUT2D eigenvalue weighted by atomic mass is 35.5. The molecular formula is C36H38ClN2+. The number of allylic oxidation sites excluding steroid dienone is 5. The fourth-order valence-electron chi connectivity index (χ4n) is 6.49. The predicted molar refractivity (Wildman–Crippen MR) is 166 cm³/mol. The summed E-state index contributed by atoms with van der Waals surface area (Å²) in [6.07, 6.45) is 10.8. The van der Waals surface area contributed by atoms with Gasteiger partial charge in [0, 0.05) is 41.1 Å². The minimum atomic E-state index is -0.135. The quantitative estimate of drug-likeness (QED) is 0.281. The lowest BCUT2D eigenvalue weighted by Gasteiger charge is -2.31. The van der Waals surface area contributed by atoms with Gasteiger partial charge in [0.15, 0.2) is 0 Å². The van der Waals surface area contributed by atoms with E-state index >= 15 is 0 Å². The van der Waals surface area contributed by atoms with Crippen LogP contribution >= 0.6 is 11.6 Å². The number of anilines is 1. The third-order valence-electron chi connectivity index (χ3n) is 8.64. The Balaban J connectivity index is 1.45. The second kappa shape index (κ2) is 10.6. The van der Waals surface area contributed by atoms with Gasteiger partial charge in [0.25, 0.3) is 0 Å². The van der Waals surface area contributed by atoms with Crippen LogP contribution in [-0.4, -0.2) is 16.3 Å². The zero-order valence-electron chi connectivity index (χ0n) is 24.0. The molecule has 2 aliphatic heterocycles. The van der Waals surface area contributed by atoms with Crippen LogP contribution in [-0.2, 0) is 10.8 Å². The Morgan fingerprint density at radius 3 is 2.41 bits per heavy atom. The number of halogens is 1. The minimum Gasteiger partial charge on any atom is -0.297 e. The van der Waals surface area contributed by atoms with Crippen molar-refractivity contribution < 1.29 is 4.58 Å². The monoisotopic (exact) mass is 533 g/mol. The summed E-state index contributed by atoms with van der Waals surface area (Å²) >= 11 is 7.10. The molecule has 0 saturated heterocycles. The van der Waals surface area contributed by atoms with Gasteiger partial charge in [-0.25, -0.2) is 0 Å². The molecule has 3 heteroatoms. The van der Waals surface area contributed by atoms with Crippen LogP contribution in [0.4, 0.5) is 11.4 Å². The van der Waals surface area contributed by atoms with Crippen molar-refractivity contribution in [2.24, 2.45) is 0 Å². The fraction of sp³-hybridized carbons (Fsp3) is 0.361. The van der Waals surface area contributed by atoms with E-state index in [2.05, 4.69) is 128 Å². The molecule has 1 aliphatic carbocycles. The Labute approximate surface area is 239 Å². The second-order valence-electron chi connectivity index (χ2n) is 11.7. The number of para-hydroxylation sites is 2. The van der Waals surface area contributed by atoms with E-state index in [-0.39, 0.29) is 16.9 Å². The van der Waals surface area contributed by atoms with E-state index in [4.69, 9.17) is 11.6 Å². The highest BCUT2D eigenvalue weighted by Crippen LogP contribution is 2.47. The largest absolute Gasteiger partial charge is 0.297 e. The number of fused-ring (bicyclic) bond motifs is 2. The molecule has 5 rings (SSSR count). The molecule has 0 N–H and O–H groups in total. The molecule has 2 heterocycles. The first kappa shape index (κ1) is 27.1. The van der Waals surface area contributed by atoms with Gasteiger partial charge in [0.2, 0.25) is 17.4 Å². The molecule has 0 spiro atoms. The average Bonchev–Trinajstić information content (AvgIpc) is 3.27. The predicted octanol–water partition coefficient (Wildman–Crippen LogP) is 8.74. The van der Waals surface area contributed by atoms with Gasteiger partial charge in [-0.2, -0.15) is 0 Å². The molecule has 1 unspecified atom stereocenters. The Bertz CT molecular complexity index is 1560. The molecule has 0 saturated carbocycles. The highest BCUT2D eigenvalue weighted by molar-refractivity contribution is 6.32. The van der Waals surface area contributed by atoms with Gasteiger partial charge in [-0.3, -0.25) is 4.90 Å². The molecular weight excluding hydrogens is 496 g/mol. The fourth-order valence-corrected chi connectivity index (χ4v) is 6.82. The molecule has 198 valence electrons. The number of hydrogen-bond acceptors (Lipinski definition) is 1. The summed E-state index contributed by atoms with van der Waals surface area (Å²) in [6.45, 7) is 13.0. The van der Waals surface area contributed by atoms with E-state index in [1.807, 2.05) is 13.8 Å². The first-order valence-electron chi connectivity index (χ1n) is 14.0. The lowest BCUT2D eigenvalue weighted by atomic mass is 9.78. The molecule has 2 nitrogen and oxygen atoms in total. The van der Waals surface area contributed by atoms with Crippen molar-refractivity contribution in [2.75, 3.05) is 4.90 Å². The molecule has 0 bridgehead atoms. The smallest absolute Gasteiger partial charge is 0.229 e. The average molecular weight is 534 g/mol. The maximum atomic E-state index is 7.10. The van der Waals surface area contributed by atoms with Crippen LogP contribution in [0.5, 0.6) is 0 Å². The molecule has 0 radical (unpaired) electrons. The van der Waals surface area contributed by atoms with Gasteiger partial charge in [0.05, 0.1) is 17.1 Å². The van der Waals surface area contributed by atoms with Gasteiger partial charge in [-0.1, -0.05) is 79.9 Å². The summed E-state index contributed by atoms with van der Waals surface area (Å²) in [5.41, 5.74) is 8.56. The zero-order chi connectivity index (χ0) is 27.8. The van der Waals surface area contributed by atoms with E-state index in [0.29, 0.717) is 0 Å². The summed E-state index contributed by atoms with van der Waals surface area (Å²) < 4.78 is 2.14. The van der Waals surface area contributed by atoms with Crippen molar-refractivity contribution in [1.29, 1.82) is 0 Å². The topological polar surface area (TPSA) is 6.25 Å². The SMILES string of the molecule is CC#CN1c2ccccc2C(C)(C)C1CC=C1CCCC(C=CC2=[N+](C#CC)c3ccccc3C2(C)C)=C1Cl. The second-order valence-corrected chi connectivity index (χ2v) is 12.1. The Hall–Kier alpha value is -3.46. The van der Waals surface area contributed by atoms with Gasteiger partial charge in [-0.05, 0) is 75.2 Å². The van der Waals surface area contributed by atoms with Gasteiger partial charge < -0.3 is 0 Å². The van der Waals surface area contributed by atoms with Crippen molar-refractivity contribution in [1.82, 2.24) is 0 Å². The molecule has 39 heavy (non-hydrogen) atoms. The maximum Gasteiger partial charge on any atom is 0.229 e. The van der Waals surface area contributed by atoms with Gasteiger partial charge in [-0.15, -0.1) is 4.58 Å². The van der Waals surface area contributed by atoms with E-state index in [9.17, 15) is 0 Å². The number of benzene rings is 2. The standard InChI is InChI=1S/C36H38ClN2/c1-7-24-38-30-18-11-9-16-28(30)35(3,4)32(38)22-20-26-14-13-15-27(34(26)37)21-23-33-36(5,6)29-17-10-12-19-31(29)39(33)25-8-2/h9-12,16-22,33H,13-15,23H2,1-6H3/q+1. The molecule has 0 amide bonds. The Morgan fingerprint density at radius 2 is 1.67 bits per heavy atom. The van der Waals surface area contributed by atoms with Gasteiger partial charge in [0.1, 0.15) is 0 Å². The van der Waals surface area contributed by atoms with E-state index in [1.54, 1.807) is 0 Å². The summed E-state index contributed by atoms with van der Waals surface area (Å²) in [7, 11) is 0. The van der Waals surface area contributed by atoms with Crippen molar-refractivity contribution in [3.8, 4) is 23.9 Å². The first-order chi connectivity index (χ1) is 18.7. The van der Waals surface area contributed by atoms with Crippen molar-refractivity contribution >= 4 is 28.7 Å². The van der Waals surface area contributed by atoms with Crippen LogP contribution in [0.15, 0.2) is 82.9 Å². The van der Waals surface area contributed by atoms with Gasteiger partial charge >= 0.3 is 0 Å². The van der Waals surface area contributed by atoms with Crippen LogP contribution < -0.4 is 4.90 Å². The van der Waals surface area contributed by atoms with Crippen molar-refractivity contribution in [2.45, 2.75) is 84.1 Å². The van der Waals surface area contributed by atoms with E-state index in [0.717, 1.165) is 30.7 Å². The van der Waals surface area contributed by atoms with Crippen molar-refractivity contribution in [3.63, 3.8) is 0 Å². The maximum absolute atomic E-state index is 7.10. The molecule has 2 aromatic rings. The number of hydrogen-bond donors (Lipinski definition) is 0. The third kappa shape index (κ3) is 4.67. The molecule has 2 aromatic carbocycles. The summed E-state index contributed by atoms with van der Waals surface area (Å²) in [5.74, 6) is 6.24. The zero-order valence-corrected chi connectivity index (χ0v) is 24.8. The Morgan fingerprint density at radius 1 is 0.949 bits per heavy atom. The normalized spacial score (nSPS) is 22.0. The summed E-state index contributed by atoms with van der Waals surface area (Å²) in [4.78, 5) is 2.27. The molecule has 3 aliphatic rings. The first-order valence-corrected chi connectivity index (χ1v) is 14.4. The van der Waals surface area contributed by atoms with Crippen LogP contribution in [0.3, 0.4) is 0 Å². The lowest BCUT2D eigenvalue weighted by molar-refractivity contribution is -0.332. The summed E-state index contributed by atoms with van der Waals surface area (Å²) in [5, 5.41) is 0.904. The molecule has 0 fully saturated rings.